The molecule has 8 nitrogen and oxygen atoms in total. The first-order chi connectivity index (χ1) is 17.1. The quantitative estimate of drug-likeness (QED) is 0.337. The van der Waals surface area contributed by atoms with Crippen molar-refractivity contribution in [1.82, 2.24) is 30.2 Å². The number of aromatic amines is 1. The van der Waals surface area contributed by atoms with Gasteiger partial charge >= 0.3 is 6.18 Å². The number of nitrogens with one attached hydrogen (secondary N) is 3. The standard InChI is InChI=1S/C25H26F3N7O/c1-15(24(36)32-14-25(26,27)28)33-22-12-29-11-21(34-22)20-10-31-23-19(20)8-17(9-30-23)18-7-5-4-6-16(18)13-35(2)3/h4-12,15H,13-14H2,1-3H3,(H,30,31)(H,32,36)(H,33,34)/t15-/m1/s1. The molecule has 0 aliphatic carbocycles. The van der Waals surface area contributed by atoms with Crippen molar-refractivity contribution in [3.63, 3.8) is 0 Å². The predicted octanol–water partition coefficient (Wildman–Crippen LogP) is 4.23. The van der Waals surface area contributed by atoms with Crippen molar-refractivity contribution in [3.05, 3.63) is 60.7 Å². The monoisotopic (exact) mass is 497 g/mol. The zero-order valence-electron chi connectivity index (χ0n) is 20.0. The summed E-state index contributed by atoms with van der Waals surface area (Å²) in [7, 11) is 4.03. The molecule has 0 fully saturated rings. The summed E-state index contributed by atoms with van der Waals surface area (Å²) in [6.07, 6.45) is 2.11. The summed E-state index contributed by atoms with van der Waals surface area (Å²) in [5.74, 6) is -0.534. The van der Waals surface area contributed by atoms with Gasteiger partial charge < -0.3 is 20.5 Å². The first kappa shape index (κ1) is 25.1. The second kappa shape index (κ2) is 10.3. The summed E-state index contributed by atoms with van der Waals surface area (Å²) < 4.78 is 37.2. The van der Waals surface area contributed by atoms with Crippen molar-refractivity contribution in [2.24, 2.45) is 0 Å². The largest absolute Gasteiger partial charge is 0.405 e. The van der Waals surface area contributed by atoms with Gasteiger partial charge in [-0.15, -0.1) is 0 Å². The number of hydrogen-bond acceptors (Lipinski definition) is 6. The van der Waals surface area contributed by atoms with Crippen molar-refractivity contribution in [3.8, 4) is 22.4 Å². The molecule has 0 radical (unpaired) electrons. The molecule has 0 saturated carbocycles. The van der Waals surface area contributed by atoms with E-state index in [0.717, 1.165) is 28.6 Å². The van der Waals surface area contributed by atoms with Crippen molar-refractivity contribution < 1.29 is 18.0 Å². The number of hydrogen-bond donors (Lipinski definition) is 3. The fraction of sp³-hybridized carbons (Fsp3) is 0.280. The van der Waals surface area contributed by atoms with Gasteiger partial charge in [0, 0.05) is 35.5 Å². The molecular weight excluding hydrogens is 471 g/mol. The van der Waals surface area contributed by atoms with Crippen molar-refractivity contribution in [2.45, 2.75) is 25.7 Å². The predicted molar refractivity (Wildman–Crippen MR) is 132 cm³/mol. The third-order valence-corrected chi connectivity index (χ3v) is 5.48. The number of carbonyl (C=O) groups is 1. The molecular formula is C25H26F3N7O. The molecule has 4 aromatic rings. The van der Waals surface area contributed by atoms with Gasteiger partial charge in [0.1, 0.15) is 24.1 Å². The number of H-pyrrole nitrogens is 1. The number of benzene rings is 1. The molecule has 0 bridgehead atoms. The third kappa shape index (κ3) is 5.98. The number of carbonyl (C=O) groups excluding carboxylic acids is 1. The van der Waals surface area contributed by atoms with E-state index in [-0.39, 0.29) is 5.82 Å². The highest BCUT2D eigenvalue weighted by Gasteiger charge is 2.28. The second-order valence-corrected chi connectivity index (χ2v) is 8.71. The summed E-state index contributed by atoms with van der Waals surface area (Å²) in [6.45, 7) is 0.834. The van der Waals surface area contributed by atoms with Crippen LogP contribution in [0.4, 0.5) is 19.0 Å². The van der Waals surface area contributed by atoms with Crippen LogP contribution in [-0.2, 0) is 11.3 Å². The number of pyridine rings is 1. The van der Waals surface area contributed by atoms with Gasteiger partial charge in [-0.3, -0.25) is 9.78 Å². The van der Waals surface area contributed by atoms with E-state index in [4.69, 9.17) is 0 Å². The summed E-state index contributed by atoms with van der Waals surface area (Å²) in [4.78, 5) is 30.6. The zero-order chi connectivity index (χ0) is 25.9. The topological polar surface area (TPSA) is 98.8 Å². The Morgan fingerprint density at radius 1 is 1.14 bits per heavy atom. The summed E-state index contributed by atoms with van der Waals surface area (Å²) in [5, 5.41) is 5.51. The number of aromatic nitrogens is 4. The number of anilines is 1. The summed E-state index contributed by atoms with van der Waals surface area (Å²) in [5.41, 5.74) is 5.17. The molecule has 3 aromatic heterocycles. The Bertz CT molecular complexity index is 1370. The fourth-order valence-corrected chi connectivity index (χ4v) is 3.84. The molecule has 0 aliphatic heterocycles. The maximum atomic E-state index is 12.4. The van der Waals surface area contributed by atoms with E-state index in [1.165, 1.54) is 18.7 Å². The molecule has 0 unspecified atom stereocenters. The minimum atomic E-state index is -4.48. The number of fused-ring (bicyclic) bond motifs is 1. The average molecular weight is 498 g/mol. The lowest BCUT2D eigenvalue weighted by Gasteiger charge is -2.15. The Hall–Kier alpha value is -3.99. The van der Waals surface area contributed by atoms with Gasteiger partial charge in [0.2, 0.25) is 5.91 Å². The normalized spacial score (nSPS) is 12.6. The van der Waals surface area contributed by atoms with Crippen LogP contribution in [0.15, 0.2) is 55.1 Å². The second-order valence-electron chi connectivity index (χ2n) is 8.71. The Morgan fingerprint density at radius 3 is 2.67 bits per heavy atom. The van der Waals surface area contributed by atoms with E-state index < -0.39 is 24.7 Å². The number of alkyl halides is 3. The highest BCUT2D eigenvalue weighted by atomic mass is 19.4. The zero-order valence-corrected chi connectivity index (χ0v) is 20.0. The van der Waals surface area contributed by atoms with Crippen LogP contribution in [-0.4, -0.2) is 63.6 Å². The molecule has 3 N–H and O–H groups in total. The maximum Gasteiger partial charge on any atom is 0.405 e. The molecule has 36 heavy (non-hydrogen) atoms. The van der Waals surface area contributed by atoms with Gasteiger partial charge in [0.15, 0.2) is 0 Å². The molecule has 188 valence electrons. The molecule has 1 atom stereocenters. The van der Waals surface area contributed by atoms with Crippen LogP contribution in [0.5, 0.6) is 0 Å². The van der Waals surface area contributed by atoms with E-state index in [2.05, 4.69) is 42.3 Å². The van der Waals surface area contributed by atoms with Crippen LogP contribution in [0.3, 0.4) is 0 Å². The minimum absolute atomic E-state index is 0.261. The summed E-state index contributed by atoms with van der Waals surface area (Å²) >= 11 is 0. The maximum absolute atomic E-state index is 12.4. The van der Waals surface area contributed by atoms with Crippen molar-refractivity contribution >= 4 is 22.8 Å². The molecule has 3 heterocycles. The summed E-state index contributed by atoms with van der Waals surface area (Å²) in [6, 6.07) is 9.24. The Labute approximate surface area is 206 Å². The van der Waals surface area contributed by atoms with Crippen LogP contribution in [0.1, 0.15) is 12.5 Å². The van der Waals surface area contributed by atoms with E-state index in [0.29, 0.717) is 11.3 Å². The number of rotatable bonds is 8. The first-order valence-electron chi connectivity index (χ1n) is 11.2. The third-order valence-electron chi connectivity index (χ3n) is 5.48. The average Bonchev–Trinajstić information content (AvgIpc) is 3.25. The molecule has 11 heteroatoms. The van der Waals surface area contributed by atoms with Crippen LogP contribution in [0, 0.1) is 0 Å². The van der Waals surface area contributed by atoms with Gasteiger partial charge in [0.05, 0.1) is 18.1 Å². The minimum Gasteiger partial charge on any atom is -0.357 e. The SMILES string of the molecule is C[C@@H](Nc1cncc(-c2c[nH]c3ncc(-c4ccccc4CN(C)C)cc23)n1)C(=O)NCC(F)(F)F. The molecule has 0 saturated heterocycles. The Balaban J connectivity index is 1.61. The van der Waals surface area contributed by atoms with Gasteiger partial charge in [-0.25, -0.2) is 9.97 Å². The smallest absolute Gasteiger partial charge is 0.357 e. The van der Waals surface area contributed by atoms with Gasteiger partial charge in [-0.2, -0.15) is 13.2 Å². The number of halogens is 3. The highest BCUT2D eigenvalue weighted by Crippen LogP contribution is 2.31. The molecule has 1 amide bonds. The Kier molecular flexibility index (Phi) is 7.20. The van der Waals surface area contributed by atoms with Crippen molar-refractivity contribution in [2.75, 3.05) is 26.0 Å². The van der Waals surface area contributed by atoms with E-state index in [9.17, 15) is 18.0 Å². The number of nitrogens with zero attached hydrogens (tertiary/aromatic N) is 4. The van der Waals surface area contributed by atoms with E-state index >= 15 is 0 Å². The molecule has 1 aromatic carbocycles. The van der Waals surface area contributed by atoms with Crippen molar-refractivity contribution in [1.29, 1.82) is 0 Å². The van der Waals surface area contributed by atoms with E-state index in [1.807, 2.05) is 43.8 Å². The van der Waals surface area contributed by atoms with Crippen LogP contribution >= 0.6 is 0 Å². The molecule has 0 spiro atoms. The molecule has 0 aliphatic rings. The first-order valence-corrected chi connectivity index (χ1v) is 11.2. The van der Waals surface area contributed by atoms with Gasteiger partial charge in [0.25, 0.3) is 0 Å². The lowest BCUT2D eigenvalue weighted by molar-refractivity contribution is -0.138. The van der Waals surface area contributed by atoms with Crippen LogP contribution in [0.25, 0.3) is 33.4 Å². The van der Waals surface area contributed by atoms with Gasteiger partial charge in [-0.05, 0) is 38.2 Å². The van der Waals surface area contributed by atoms with Crippen LogP contribution in [0.2, 0.25) is 0 Å². The molecule has 4 rings (SSSR count). The Morgan fingerprint density at radius 2 is 1.92 bits per heavy atom. The van der Waals surface area contributed by atoms with E-state index in [1.54, 1.807) is 12.4 Å². The van der Waals surface area contributed by atoms with Crippen LogP contribution < -0.4 is 10.6 Å². The highest BCUT2D eigenvalue weighted by molar-refractivity contribution is 5.95. The lowest BCUT2D eigenvalue weighted by atomic mass is 9.99. The lowest BCUT2D eigenvalue weighted by Crippen LogP contribution is -2.42. The van der Waals surface area contributed by atoms with Gasteiger partial charge in [-0.1, -0.05) is 24.3 Å². The fourth-order valence-electron chi connectivity index (χ4n) is 3.84. The number of amides is 1.